The van der Waals surface area contributed by atoms with E-state index in [0.717, 1.165) is 12.8 Å². The van der Waals surface area contributed by atoms with Gasteiger partial charge in [0, 0.05) is 19.9 Å². The van der Waals surface area contributed by atoms with Crippen molar-refractivity contribution in [1.82, 2.24) is 9.78 Å². The highest BCUT2D eigenvalue weighted by atomic mass is 19.3. The van der Waals surface area contributed by atoms with Crippen LogP contribution in [0.2, 0.25) is 0 Å². The van der Waals surface area contributed by atoms with Gasteiger partial charge in [0.1, 0.15) is 5.69 Å². The minimum atomic E-state index is -2.53. The fourth-order valence-electron chi connectivity index (χ4n) is 1.85. The average Bonchev–Trinajstić information content (AvgIpc) is 2.84. The second-order valence-electron chi connectivity index (χ2n) is 4.35. The molecule has 0 bridgehead atoms. The first-order valence-corrected chi connectivity index (χ1v) is 4.98. The lowest BCUT2D eigenvalue weighted by molar-refractivity contribution is 0.142. The van der Waals surface area contributed by atoms with Crippen LogP contribution in [-0.2, 0) is 13.5 Å². The summed E-state index contributed by atoms with van der Waals surface area (Å²) in [4.78, 5) is 0. The third kappa shape index (κ3) is 2.02. The van der Waals surface area contributed by atoms with Gasteiger partial charge < -0.3 is 5.11 Å². The lowest BCUT2D eigenvalue weighted by Crippen LogP contribution is -2.11. The van der Waals surface area contributed by atoms with E-state index in [4.69, 9.17) is 5.11 Å². The lowest BCUT2D eigenvalue weighted by Gasteiger charge is -2.10. The molecule has 2 rings (SSSR count). The maximum absolute atomic E-state index is 12.6. The number of hydrogen-bond donors (Lipinski definition) is 1. The van der Waals surface area contributed by atoms with Gasteiger partial charge in [-0.15, -0.1) is 0 Å². The second kappa shape index (κ2) is 3.56. The zero-order valence-corrected chi connectivity index (χ0v) is 8.58. The summed E-state index contributed by atoms with van der Waals surface area (Å²) < 4.78 is 26.6. The van der Waals surface area contributed by atoms with E-state index in [2.05, 4.69) is 5.10 Å². The number of aliphatic hydroxyl groups is 1. The van der Waals surface area contributed by atoms with E-state index in [0.29, 0.717) is 12.0 Å². The summed E-state index contributed by atoms with van der Waals surface area (Å²) in [5.74, 6) is 0. The highest BCUT2D eigenvalue weighted by Gasteiger charge is 2.43. The molecule has 0 atom stereocenters. The van der Waals surface area contributed by atoms with Gasteiger partial charge in [-0.2, -0.15) is 5.10 Å². The first kappa shape index (κ1) is 10.5. The molecule has 3 nitrogen and oxygen atoms in total. The minimum Gasteiger partial charge on any atom is -0.396 e. The molecule has 1 aromatic rings. The van der Waals surface area contributed by atoms with Crippen LogP contribution in [-0.4, -0.2) is 21.5 Å². The van der Waals surface area contributed by atoms with Gasteiger partial charge in [0.25, 0.3) is 6.43 Å². The smallest absolute Gasteiger partial charge is 0.282 e. The molecular weight excluding hydrogens is 202 g/mol. The Kier molecular flexibility index (Phi) is 2.50. The van der Waals surface area contributed by atoms with Crippen molar-refractivity contribution < 1.29 is 13.9 Å². The van der Waals surface area contributed by atoms with Crippen molar-refractivity contribution in [3.63, 3.8) is 0 Å². The Balaban J connectivity index is 2.20. The highest BCUT2D eigenvalue weighted by Crippen LogP contribution is 2.48. The normalized spacial score (nSPS) is 18.5. The molecular formula is C10H14F2N2O. The predicted molar refractivity (Wildman–Crippen MR) is 50.6 cm³/mol. The van der Waals surface area contributed by atoms with E-state index in [1.54, 1.807) is 13.2 Å². The Morgan fingerprint density at radius 3 is 2.73 bits per heavy atom. The Morgan fingerprint density at radius 1 is 1.60 bits per heavy atom. The van der Waals surface area contributed by atoms with Gasteiger partial charge in [0.2, 0.25) is 0 Å². The summed E-state index contributed by atoms with van der Waals surface area (Å²) in [7, 11) is 1.63. The molecule has 1 fully saturated rings. The zero-order chi connectivity index (χ0) is 11.1. The van der Waals surface area contributed by atoms with Crippen molar-refractivity contribution in [2.75, 3.05) is 6.61 Å². The SMILES string of the molecule is Cn1cc(CC2(CO)CC2)c(C(F)F)n1. The maximum Gasteiger partial charge on any atom is 0.282 e. The number of hydrogen-bond acceptors (Lipinski definition) is 2. The molecule has 0 saturated heterocycles. The number of aliphatic hydroxyl groups excluding tert-OH is 1. The summed E-state index contributed by atoms with van der Waals surface area (Å²) >= 11 is 0. The van der Waals surface area contributed by atoms with Gasteiger partial charge in [-0.3, -0.25) is 4.68 Å². The monoisotopic (exact) mass is 216 g/mol. The summed E-state index contributed by atoms with van der Waals surface area (Å²) in [6, 6.07) is 0. The van der Waals surface area contributed by atoms with E-state index in [1.807, 2.05) is 0 Å². The molecule has 0 aliphatic heterocycles. The van der Waals surface area contributed by atoms with Crippen molar-refractivity contribution in [3.8, 4) is 0 Å². The molecule has 1 saturated carbocycles. The molecule has 0 amide bonds. The van der Waals surface area contributed by atoms with Crippen LogP contribution < -0.4 is 0 Å². The van der Waals surface area contributed by atoms with Crippen LogP contribution in [0.1, 0.15) is 30.5 Å². The Bertz CT molecular complexity index is 358. The summed E-state index contributed by atoms with van der Waals surface area (Å²) in [5, 5.41) is 12.9. The number of rotatable bonds is 4. The van der Waals surface area contributed by atoms with E-state index in [-0.39, 0.29) is 17.7 Å². The first-order chi connectivity index (χ1) is 7.06. The van der Waals surface area contributed by atoms with Crippen molar-refractivity contribution in [2.24, 2.45) is 12.5 Å². The van der Waals surface area contributed by atoms with E-state index >= 15 is 0 Å². The standard InChI is InChI=1S/C10H14F2N2O/c1-14-5-7(8(13-14)9(11)12)4-10(6-15)2-3-10/h5,9,15H,2-4,6H2,1H3. The van der Waals surface area contributed by atoms with Crippen molar-refractivity contribution in [3.05, 3.63) is 17.5 Å². The van der Waals surface area contributed by atoms with Gasteiger partial charge in [-0.05, 0) is 30.2 Å². The molecule has 0 spiro atoms. The van der Waals surface area contributed by atoms with E-state index < -0.39 is 6.43 Å². The molecule has 1 N–H and O–H groups in total. The molecule has 0 aromatic carbocycles. The van der Waals surface area contributed by atoms with Gasteiger partial charge in [0.05, 0.1) is 0 Å². The second-order valence-corrected chi connectivity index (χ2v) is 4.35. The highest BCUT2D eigenvalue weighted by molar-refractivity contribution is 5.22. The number of nitrogens with zero attached hydrogens (tertiary/aromatic N) is 2. The summed E-state index contributed by atoms with van der Waals surface area (Å²) in [6.45, 7) is 0.0740. The van der Waals surface area contributed by atoms with Crippen LogP contribution in [0.25, 0.3) is 0 Å². The van der Waals surface area contributed by atoms with E-state index in [9.17, 15) is 8.78 Å². The van der Waals surface area contributed by atoms with Crippen molar-refractivity contribution in [1.29, 1.82) is 0 Å². The van der Waals surface area contributed by atoms with Crippen LogP contribution in [0.5, 0.6) is 0 Å². The van der Waals surface area contributed by atoms with Crippen LogP contribution in [0, 0.1) is 5.41 Å². The third-order valence-corrected chi connectivity index (χ3v) is 3.00. The molecule has 5 heteroatoms. The van der Waals surface area contributed by atoms with Gasteiger partial charge in [0.15, 0.2) is 0 Å². The van der Waals surface area contributed by atoms with E-state index in [1.165, 1.54) is 4.68 Å². The number of aromatic nitrogens is 2. The molecule has 0 unspecified atom stereocenters. The molecule has 1 aliphatic rings. The van der Waals surface area contributed by atoms with Gasteiger partial charge >= 0.3 is 0 Å². The van der Waals surface area contributed by atoms with Crippen LogP contribution in [0.15, 0.2) is 6.20 Å². The maximum atomic E-state index is 12.6. The largest absolute Gasteiger partial charge is 0.396 e. The minimum absolute atomic E-state index is 0.0740. The molecule has 1 heterocycles. The summed E-state index contributed by atoms with van der Waals surface area (Å²) in [5.41, 5.74) is 0.281. The number of halogens is 2. The Labute approximate surface area is 86.7 Å². The van der Waals surface area contributed by atoms with Crippen LogP contribution in [0.3, 0.4) is 0 Å². The number of alkyl halides is 2. The topological polar surface area (TPSA) is 38.0 Å². The Morgan fingerprint density at radius 2 is 2.27 bits per heavy atom. The molecule has 84 valence electrons. The van der Waals surface area contributed by atoms with Crippen LogP contribution >= 0.6 is 0 Å². The zero-order valence-electron chi connectivity index (χ0n) is 8.58. The molecule has 1 aliphatic carbocycles. The molecule has 15 heavy (non-hydrogen) atoms. The quantitative estimate of drug-likeness (QED) is 0.831. The summed E-state index contributed by atoms with van der Waals surface area (Å²) in [6.07, 6.45) is 1.44. The van der Waals surface area contributed by atoms with Crippen molar-refractivity contribution in [2.45, 2.75) is 25.7 Å². The third-order valence-electron chi connectivity index (χ3n) is 3.00. The Hall–Kier alpha value is -0.970. The molecule has 0 radical (unpaired) electrons. The number of aryl methyl sites for hydroxylation is 1. The van der Waals surface area contributed by atoms with Gasteiger partial charge in [-0.1, -0.05) is 0 Å². The molecule has 1 aromatic heterocycles. The van der Waals surface area contributed by atoms with Crippen molar-refractivity contribution >= 4 is 0 Å². The van der Waals surface area contributed by atoms with Crippen LogP contribution in [0.4, 0.5) is 8.78 Å². The fourth-order valence-corrected chi connectivity index (χ4v) is 1.85. The van der Waals surface area contributed by atoms with Gasteiger partial charge in [-0.25, -0.2) is 8.78 Å². The predicted octanol–water partition coefficient (Wildman–Crippen LogP) is 1.67. The lowest BCUT2D eigenvalue weighted by atomic mass is 9.98. The fraction of sp³-hybridized carbons (Fsp3) is 0.700. The average molecular weight is 216 g/mol. The first-order valence-electron chi connectivity index (χ1n) is 4.98.